The maximum atomic E-state index is 11.6. The van der Waals surface area contributed by atoms with Crippen LogP contribution < -0.4 is 0 Å². The monoisotopic (exact) mass is 184 g/mol. The zero-order valence-electron chi connectivity index (χ0n) is 8.04. The van der Waals surface area contributed by atoms with Gasteiger partial charge < -0.3 is 9.47 Å². The summed E-state index contributed by atoms with van der Waals surface area (Å²) in [6, 6.07) is 0. The number of ether oxygens (including phenoxy) is 2. The highest BCUT2D eigenvalue weighted by Crippen LogP contribution is 2.43. The van der Waals surface area contributed by atoms with Crippen LogP contribution >= 0.6 is 0 Å². The highest BCUT2D eigenvalue weighted by molar-refractivity contribution is 5.77. The van der Waals surface area contributed by atoms with Crippen molar-refractivity contribution in [2.24, 2.45) is 11.3 Å². The number of hydrogen-bond acceptors (Lipinski definition) is 3. The Bertz CT molecular complexity index is 202. The molecule has 2 rings (SSSR count). The van der Waals surface area contributed by atoms with Crippen LogP contribution in [0.4, 0.5) is 0 Å². The number of fused-ring (bicyclic) bond motifs is 2. The van der Waals surface area contributed by atoms with E-state index >= 15 is 0 Å². The zero-order valence-corrected chi connectivity index (χ0v) is 8.04. The Balaban J connectivity index is 2.14. The van der Waals surface area contributed by atoms with Crippen LogP contribution in [0.15, 0.2) is 0 Å². The van der Waals surface area contributed by atoms with Crippen molar-refractivity contribution in [3.8, 4) is 0 Å². The van der Waals surface area contributed by atoms with Crippen LogP contribution in [0.1, 0.15) is 25.7 Å². The fourth-order valence-corrected chi connectivity index (χ4v) is 2.64. The number of carbonyl (C=O) groups excluding carboxylic acids is 1. The standard InChI is InChI=1S/C10H16O3/c1-12-9(11)10-4-2-3-8(5-10)6-13-7-10/h8H,2-7H2,1H3. The number of carbonyl (C=O) groups is 1. The van der Waals surface area contributed by atoms with Gasteiger partial charge in [-0.05, 0) is 25.2 Å². The molecule has 2 fully saturated rings. The molecular formula is C10H16O3. The van der Waals surface area contributed by atoms with Crippen molar-refractivity contribution in [1.29, 1.82) is 0 Å². The van der Waals surface area contributed by atoms with E-state index in [0.717, 1.165) is 25.9 Å². The Morgan fingerprint density at radius 2 is 2.46 bits per heavy atom. The summed E-state index contributed by atoms with van der Waals surface area (Å²) >= 11 is 0. The molecule has 0 spiro atoms. The van der Waals surface area contributed by atoms with Gasteiger partial charge in [-0.15, -0.1) is 0 Å². The third-order valence-corrected chi connectivity index (χ3v) is 3.30. The average molecular weight is 184 g/mol. The van der Waals surface area contributed by atoms with Crippen molar-refractivity contribution >= 4 is 5.97 Å². The van der Waals surface area contributed by atoms with Gasteiger partial charge in [-0.2, -0.15) is 0 Å². The largest absolute Gasteiger partial charge is 0.469 e. The lowest BCUT2D eigenvalue weighted by molar-refractivity contribution is -0.169. The molecule has 0 radical (unpaired) electrons. The molecule has 2 aliphatic rings. The Labute approximate surface area is 78.4 Å². The molecular weight excluding hydrogens is 168 g/mol. The predicted molar refractivity (Wildman–Crippen MR) is 47.2 cm³/mol. The maximum Gasteiger partial charge on any atom is 0.314 e. The smallest absolute Gasteiger partial charge is 0.314 e. The van der Waals surface area contributed by atoms with Crippen LogP contribution in [0.3, 0.4) is 0 Å². The minimum atomic E-state index is -0.296. The SMILES string of the molecule is COC(=O)C12CCCC(COC1)C2. The Kier molecular flexibility index (Phi) is 2.28. The van der Waals surface area contributed by atoms with Crippen molar-refractivity contribution in [1.82, 2.24) is 0 Å². The molecule has 0 aromatic rings. The summed E-state index contributed by atoms with van der Waals surface area (Å²) in [4.78, 5) is 11.6. The average Bonchev–Trinajstić information content (AvgIpc) is 2.17. The fraction of sp³-hybridized carbons (Fsp3) is 0.900. The number of esters is 1. The van der Waals surface area contributed by atoms with E-state index in [9.17, 15) is 4.79 Å². The Morgan fingerprint density at radius 1 is 1.62 bits per heavy atom. The minimum absolute atomic E-state index is 0.0723. The van der Waals surface area contributed by atoms with Crippen LogP contribution in [0.2, 0.25) is 0 Å². The second-order valence-corrected chi connectivity index (χ2v) is 4.25. The van der Waals surface area contributed by atoms with Gasteiger partial charge >= 0.3 is 5.97 Å². The van der Waals surface area contributed by atoms with Crippen LogP contribution in [-0.4, -0.2) is 26.3 Å². The second kappa shape index (κ2) is 3.29. The molecule has 2 unspecified atom stereocenters. The molecule has 74 valence electrons. The second-order valence-electron chi connectivity index (χ2n) is 4.25. The molecule has 0 aromatic heterocycles. The molecule has 1 saturated heterocycles. The van der Waals surface area contributed by atoms with E-state index in [2.05, 4.69) is 0 Å². The molecule has 13 heavy (non-hydrogen) atoms. The highest BCUT2D eigenvalue weighted by atomic mass is 16.5. The topological polar surface area (TPSA) is 35.5 Å². The van der Waals surface area contributed by atoms with Gasteiger partial charge in [0.05, 0.1) is 19.1 Å². The Hall–Kier alpha value is -0.570. The third-order valence-electron chi connectivity index (χ3n) is 3.30. The van der Waals surface area contributed by atoms with Gasteiger partial charge in [0.25, 0.3) is 0 Å². The normalized spacial score (nSPS) is 38.4. The van der Waals surface area contributed by atoms with E-state index in [0.29, 0.717) is 12.5 Å². The van der Waals surface area contributed by atoms with E-state index in [1.807, 2.05) is 0 Å². The first kappa shape index (κ1) is 9.00. The van der Waals surface area contributed by atoms with Gasteiger partial charge in [-0.25, -0.2) is 0 Å². The first-order valence-electron chi connectivity index (χ1n) is 4.93. The molecule has 0 aromatic carbocycles. The molecule has 1 saturated carbocycles. The van der Waals surface area contributed by atoms with Crippen molar-refractivity contribution in [3.05, 3.63) is 0 Å². The van der Waals surface area contributed by atoms with Crippen LogP contribution in [0.25, 0.3) is 0 Å². The van der Waals surface area contributed by atoms with E-state index in [1.54, 1.807) is 0 Å². The van der Waals surface area contributed by atoms with E-state index < -0.39 is 0 Å². The van der Waals surface area contributed by atoms with E-state index in [-0.39, 0.29) is 11.4 Å². The lowest BCUT2D eigenvalue weighted by Crippen LogP contribution is -2.46. The first-order valence-corrected chi connectivity index (χ1v) is 4.93. The molecule has 1 aliphatic heterocycles. The summed E-state index contributed by atoms with van der Waals surface area (Å²) in [5.41, 5.74) is -0.296. The van der Waals surface area contributed by atoms with Gasteiger partial charge in [0.15, 0.2) is 0 Å². The number of hydrogen-bond donors (Lipinski definition) is 0. The van der Waals surface area contributed by atoms with Crippen LogP contribution in [0.5, 0.6) is 0 Å². The van der Waals surface area contributed by atoms with Gasteiger partial charge in [0.2, 0.25) is 0 Å². The van der Waals surface area contributed by atoms with Gasteiger partial charge in [-0.3, -0.25) is 4.79 Å². The summed E-state index contributed by atoms with van der Waals surface area (Å²) in [6.07, 6.45) is 4.26. The van der Waals surface area contributed by atoms with Crippen LogP contribution in [-0.2, 0) is 14.3 Å². The molecule has 3 nitrogen and oxygen atoms in total. The summed E-state index contributed by atoms with van der Waals surface area (Å²) in [5.74, 6) is 0.513. The number of rotatable bonds is 1. The van der Waals surface area contributed by atoms with Crippen molar-refractivity contribution in [2.75, 3.05) is 20.3 Å². The van der Waals surface area contributed by atoms with Crippen molar-refractivity contribution < 1.29 is 14.3 Å². The lowest BCUT2D eigenvalue weighted by atomic mass is 9.69. The first-order chi connectivity index (χ1) is 6.27. The van der Waals surface area contributed by atoms with E-state index in [4.69, 9.17) is 9.47 Å². The molecule has 0 N–H and O–H groups in total. The zero-order chi connectivity index (χ0) is 9.31. The van der Waals surface area contributed by atoms with Crippen molar-refractivity contribution in [3.63, 3.8) is 0 Å². The summed E-state index contributed by atoms with van der Waals surface area (Å²) < 4.78 is 10.3. The third kappa shape index (κ3) is 1.46. The molecule has 1 aliphatic carbocycles. The molecule has 1 heterocycles. The quantitative estimate of drug-likeness (QED) is 0.577. The summed E-state index contributed by atoms with van der Waals surface area (Å²) in [7, 11) is 1.47. The molecule has 3 heteroatoms. The van der Waals surface area contributed by atoms with Gasteiger partial charge in [0.1, 0.15) is 0 Å². The Morgan fingerprint density at radius 3 is 3.23 bits per heavy atom. The summed E-state index contributed by atoms with van der Waals surface area (Å²) in [6.45, 7) is 1.40. The molecule has 2 atom stereocenters. The van der Waals surface area contributed by atoms with Crippen LogP contribution in [0, 0.1) is 11.3 Å². The highest BCUT2D eigenvalue weighted by Gasteiger charge is 2.46. The fourth-order valence-electron chi connectivity index (χ4n) is 2.64. The van der Waals surface area contributed by atoms with Crippen molar-refractivity contribution in [2.45, 2.75) is 25.7 Å². The summed E-state index contributed by atoms with van der Waals surface area (Å²) in [5, 5.41) is 0. The predicted octanol–water partition coefficient (Wildman–Crippen LogP) is 1.37. The minimum Gasteiger partial charge on any atom is -0.469 e. The molecule has 2 bridgehead atoms. The maximum absolute atomic E-state index is 11.6. The molecule has 0 amide bonds. The van der Waals surface area contributed by atoms with Gasteiger partial charge in [0, 0.05) is 6.61 Å². The number of methoxy groups -OCH3 is 1. The lowest BCUT2D eigenvalue weighted by Gasteiger charge is -2.42. The van der Waals surface area contributed by atoms with E-state index in [1.165, 1.54) is 13.5 Å². The van der Waals surface area contributed by atoms with Gasteiger partial charge in [-0.1, -0.05) is 6.42 Å².